The third kappa shape index (κ3) is 1.96. The van der Waals surface area contributed by atoms with Crippen molar-refractivity contribution in [3.8, 4) is 5.69 Å². The van der Waals surface area contributed by atoms with Gasteiger partial charge in [-0.2, -0.15) is 0 Å². The minimum atomic E-state index is 0.468. The van der Waals surface area contributed by atoms with Crippen molar-refractivity contribution in [3.63, 3.8) is 0 Å². The maximum Gasteiger partial charge on any atom is 0.207 e. The maximum absolute atomic E-state index is 6.05. The van der Waals surface area contributed by atoms with Crippen molar-refractivity contribution in [2.75, 3.05) is 12.0 Å². The second-order valence-electron chi connectivity index (χ2n) is 4.31. The molecule has 0 aliphatic heterocycles. The minimum absolute atomic E-state index is 0.468. The number of nitrogens with two attached hydrogens (primary N) is 1. The molecule has 0 amide bonds. The fourth-order valence-electron chi connectivity index (χ4n) is 2.12. The molecule has 96 valence electrons. The molecule has 0 aliphatic carbocycles. The Balaban J connectivity index is 2.30. The summed E-state index contributed by atoms with van der Waals surface area (Å²) in [6, 6.07) is 10.1. The number of aromatic nitrogens is 3. The maximum atomic E-state index is 6.05. The van der Waals surface area contributed by atoms with E-state index in [-0.39, 0.29) is 0 Å². The molecule has 4 nitrogen and oxygen atoms in total. The quantitative estimate of drug-likeness (QED) is 0.727. The normalized spacial score (nSPS) is 11.1. The van der Waals surface area contributed by atoms with Crippen LogP contribution < -0.4 is 5.73 Å². The van der Waals surface area contributed by atoms with Crippen LogP contribution in [-0.2, 0) is 0 Å². The highest BCUT2D eigenvalue weighted by molar-refractivity contribution is 7.98. The van der Waals surface area contributed by atoms with Crippen LogP contribution >= 0.6 is 11.8 Å². The van der Waals surface area contributed by atoms with Crippen LogP contribution in [0.15, 0.2) is 41.4 Å². The lowest BCUT2D eigenvalue weighted by Crippen LogP contribution is -2.01. The molecular weight excluding hydrogens is 256 g/mol. The van der Waals surface area contributed by atoms with Crippen LogP contribution in [-0.4, -0.2) is 20.8 Å². The summed E-state index contributed by atoms with van der Waals surface area (Å²) in [7, 11) is 0. The molecule has 3 rings (SSSR count). The van der Waals surface area contributed by atoms with Crippen LogP contribution in [0.1, 0.15) is 5.56 Å². The van der Waals surface area contributed by atoms with Crippen LogP contribution in [0.5, 0.6) is 0 Å². The first-order chi connectivity index (χ1) is 9.20. The zero-order valence-electron chi connectivity index (χ0n) is 10.8. The van der Waals surface area contributed by atoms with Crippen LogP contribution in [0.4, 0.5) is 5.95 Å². The third-order valence-electron chi connectivity index (χ3n) is 3.09. The lowest BCUT2D eigenvalue weighted by Gasteiger charge is -2.07. The number of imidazole rings is 1. The number of aryl methyl sites for hydroxylation is 1. The summed E-state index contributed by atoms with van der Waals surface area (Å²) in [5.74, 6) is 0.468. The third-order valence-corrected chi connectivity index (χ3v) is 3.81. The summed E-state index contributed by atoms with van der Waals surface area (Å²) in [6.45, 7) is 2.01. The lowest BCUT2D eigenvalue weighted by molar-refractivity contribution is 1.07. The van der Waals surface area contributed by atoms with Crippen LogP contribution in [0.2, 0.25) is 0 Å². The summed E-state index contributed by atoms with van der Waals surface area (Å²) < 4.78 is 1.89. The van der Waals surface area contributed by atoms with Gasteiger partial charge in [0.2, 0.25) is 5.95 Å². The van der Waals surface area contributed by atoms with E-state index in [1.165, 1.54) is 4.90 Å². The minimum Gasteiger partial charge on any atom is -0.369 e. The molecule has 2 aromatic heterocycles. The van der Waals surface area contributed by atoms with E-state index in [0.717, 1.165) is 22.4 Å². The Labute approximate surface area is 115 Å². The molecule has 0 atom stereocenters. The van der Waals surface area contributed by atoms with Crippen molar-refractivity contribution in [1.82, 2.24) is 14.5 Å². The number of hydrogen-bond acceptors (Lipinski definition) is 4. The smallest absolute Gasteiger partial charge is 0.207 e. The summed E-state index contributed by atoms with van der Waals surface area (Å²) in [4.78, 5) is 10.0. The summed E-state index contributed by atoms with van der Waals surface area (Å²) in [5, 5.41) is 0. The van der Waals surface area contributed by atoms with E-state index in [0.29, 0.717) is 5.95 Å². The number of thioether (sulfide) groups is 1. The SMILES string of the molecule is CSc1cccc(-n2c(N)nc3c(C)ccnc32)c1. The topological polar surface area (TPSA) is 56.7 Å². The van der Waals surface area contributed by atoms with Crippen LogP contribution in [0, 0.1) is 6.92 Å². The Morgan fingerprint density at radius 2 is 2.11 bits per heavy atom. The van der Waals surface area contributed by atoms with E-state index >= 15 is 0 Å². The van der Waals surface area contributed by atoms with Gasteiger partial charge in [0.05, 0.1) is 5.69 Å². The average Bonchev–Trinajstić information content (AvgIpc) is 2.77. The average molecular weight is 270 g/mol. The van der Waals surface area contributed by atoms with Gasteiger partial charge in [0.25, 0.3) is 0 Å². The van der Waals surface area contributed by atoms with Crippen molar-refractivity contribution < 1.29 is 0 Å². The van der Waals surface area contributed by atoms with Gasteiger partial charge in [-0.3, -0.25) is 4.57 Å². The molecule has 0 spiro atoms. The van der Waals surface area contributed by atoms with E-state index < -0.39 is 0 Å². The molecule has 0 saturated carbocycles. The molecule has 3 aromatic rings. The first-order valence-electron chi connectivity index (χ1n) is 5.94. The second kappa shape index (κ2) is 4.59. The number of rotatable bonds is 2. The highest BCUT2D eigenvalue weighted by Crippen LogP contribution is 2.25. The zero-order chi connectivity index (χ0) is 13.4. The lowest BCUT2D eigenvalue weighted by atomic mass is 10.2. The van der Waals surface area contributed by atoms with Gasteiger partial charge in [-0.05, 0) is 43.0 Å². The molecule has 0 fully saturated rings. The Bertz CT molecular complexity index is 748. The summed E-state index contributed by atoms with van der Waals surface area (Å²) >= 11 is 1.70. The van der Waals surface area contributed by atoms with Gasteiger partial charge in [0, 0.05) is 11.1 Å². The Morgan fingerprint density at radius 3 is 2.89 bits per heavy atom. The van der Waals surface area contributed by atoms with Gasteiger partial charge in [0.15, 0.2) is 5.65 Å². The first-order valence-corrected chi connectivity index (χ1v) is 7.17. The highest BCUT2D eigenvalue weighted by Gasteiger charge is 2.12. The number of fused-ring (bicyclic) bond motifs is 1. The molecule has 0 aliphatic rings. The number of benzene rings is 1. The van der Waals surface area contributed by atoms with Gasteiger partial charge >= 0.3 is 0 Å². The summed E-state index contributed by atoms with van der Waals surface area (Å²) in [5.41, 5.74) is 9.78. The van der Waals surface area contributed by atoms with Crippen molar-refractivity contribution in [2.45, 2.75) is 11.8 Å². The number of anilines is 1. The molecule has 19 heavy (non-hydrogen) atoms. The van der Waals surface area contributed by atoms with Crippen molar-refractivity contribution in [2.24, 2.45) is 0 Å². The van der Waals surface area contributed by atoms with E-state index in [9.17, 15) is 0 Å². The molecule has 1 aromatic carbocycles. The predicted molar refractivity (Wildman–Crippen MR) is 79.8 cm³/mol. The molecule has 2 N–H and O–H groups in total. The Hall–Kier alpha value is -2.01. The fraction of sp³-hybridized carbons (Fsp3) is 0.143. The Morgan fingerprint density at radius 1 is 1.26 bits per heavy atom. The largest absolute Gasteiger partial charge is 0.369 e. The van der Waals surface area contributed by atoms with E-state index in [2.05, 4.69) is 28.4 Å². The molecule has 0 bridgehead atoms. The molecule has 5 heteroatoms. The highest BCUT2D eigenvalue weighted by atomic mass is 32.2. The molecule has 2 heterocycles. The monoisotopic (exact) mass is 270 g/mol. The molecule has 0 unspecified atom stereocenters. The van der Waals surface area contributed by atoms with Gasteiger partial charge < -0.3 is 5.73 Å². The van der Waals surface area contributed by atoms with Crippen LogP contribution in [0.3, 0.4) is 0 Å². The predicted octanol–water partition coefficient (Wildman–Crippen LogP) is 3.03. The van der Waals surface area contributed by atoms with Gasteiger partial charge in [0.1, 0.15) is 5.52 Å². The first kappa shape index (κ1) is 12.0. The summed E-state index contributed by atoms with van der Waals surface area (Å²) in [6.07, 6.45) is 3.84. The Kier molecular flexibility index (Phi) is 2.91. The standard InChI is InChI=1S/C14H14N4S/c1-9-6-7-16-13-12(9)17-14(15)18(13)10-4-3-5-11(8-10)19-2/h3-8H,1-2H3,(H2,15,17). The number of nitrogens with zero attached hydrogens (tertiary/aromatic N) is 3. The zero-order valence-corrected chi connectivity index (χ0v) is 11.6. The van der Waals surface area contributed by atoms with Gasteiger partial charge in [-0.25, -0.2) is 9.97 Å². The van der Waals surface area contributed by atoms with Gasteiger partial charge in [-0.15, -0.1) is 11.8 Å². The molecule has 0 saturated heterocycles. The van der Waals surface area contributed by atoms with E-state index in [1.54, 1.807) is 18.0 Å². The van der Waals surface area contributed by atoms with Crippen molar-refractivity contribution in [1.29, 1.82) is 0 Å². The fourth-order valence-corrected chi connectivity index (χ4v) is 2.57. The molecular formula is C14H14N4S. The number of hydrogen-bond donors (Lipinski definition) is 1. The second-order valence-corrected chi connectivity index (χ2v) is 5.19. The van der Waals surface area contributed by atoms with Crippen molar-refractivity contribution >= 4 is 28.9 Å². The van der Waals surface area contributed by atoms with E-state index in [1.807, 2.05) is 29.7 Å². The number of nitrogen functional groups attached to an aromatic ring is 1. The number of pyridine rings is 1. The van der Waals surface area contributed by atoms with E-state index in [4.69, 9.17) is 5.73 Å². The van der Waals surface area contributed by atoms with Crippen LogP contribution in [0.25, 0.3) is 16.9 Å². The van der Waals surface area contributed by atoms with Crippen molar-refractivity contribution in [3.05, 3.63) is 42.1 Å². The molecule has 0 radical (unpaired) electrons. The van der Waals surface area contributed by atoms with Gasteiger partial charge in [-0.1, -0.05) is 6.07 Å².